The van der Waals surface area contributed by atoms with Crippen molar-refractivity contribution in [1.29, 1.82) is 0 Å². The normalized spacial score (nSPS) is 16.4. The molecule has 2 aromatic rings. The second-order valence-electron chi connectivity index (χ2n) is 5.77. The zero-order valence-electron chi connectivity index (χ0n) is 13.8. The van der Waals surface area contributed by atoms with E-state index in [1.165, 1.54) is 0 Å². The highest BCUT2D eigenvalue weighted by Crippen LogP contribution is 2.15. The van der Waals surface area contributed by atoms with Crippen molar-refractivity contribution in [1.82, 2.24) is 34.2 Å². The van der Waals surface area contributed by atoms with Crippen molar-refractivity contribution >= 4 is 11.6 Å². The number of piperazine rings is 1. The summed E-state index contributed by atoms with van der Waals surface area (Å²) in [4.78, 5) is 32.5. The first-order chi connectivity index (χ1) is 12.3. The standard InChI is InChI=1S/C13H16F3N7O3/c1-20-2-4-21(5-3-20)11(24)9-10-18-19-23(6-7-26-13(14,15)16)12(25)22(10)8-17-9/h8H,2-7H2,1H3. The average Bonchev–Trinajstić information content (AvgIpc) is 3.01. The van der Waals surface area contributed by atoms with Crippen LogP contribution in [0.15, 0.2) is 11.1 Å². The smallest absolute Gasteiger partial charge is 0.335 e. The summed E-state index contributed by atoms with van der Waals surface area (Å²) in [6, 6.07) is 0. The molecule has 0 aromatic carbocycles. The molecule has 0 spiro atoms. The predicted molar refractivity (Wildman–Crippen MR) is 80.4 cm³/mol. The summed E-state index contributed by atoms with van der Waals surface area (Å²) in [6.45, 7) is 1.25. The molecule has 1 aliphatic rings. The number of hydrogen-bond acceptors (Lipinski definition) is 7. The van der Waals surface area contributed by atoms with Gasteiger partial charge in [0.05, 0.1) is 13.2 Å². The van der Waals surface area contributed by atoms with Gasteiger partial charge in [0, 0.05) is 26.2 Å². The number of carbonyl (C=O) groups is 1. The van der Waals surface area contributed by atoms with Crippen LogP contribution in [-0.4, -0.2) is 86.3 Å². The van der Waals surface area contributed by atoms with Crippen LogP contribution in [-0.2, 0) is 11.3 Å². The molecule has 0 bridgehead atoms. The van der Waals surface area contributed by atoms with Gasteiger partial charge in [0.2, 0.25) is 0 Å². The lowest BCUT2D eigenvalue weighted by Crippen LogP contribution is -2.47. The van der Waals surface area contributed by atoms with E-state index in [1.807, 2.05) is 7.05 Å². The number of hydrogen-bond donors (Lipinski definition) is 0. The first kappa shape index (κ1) is 18.3. The Balaban J connectivity index is 1.79. The molecular formula is C13H16F3N7O3. The summed E-state index contributed by atoms with van der Waals surface area (Å²) >= 11 is 0. The van der Waals surface area contributed by atoms with Crippen LogP contribution in [0, 0.1) is 0 Å². The van der Waals surface area contributed by atoms with Gasteiger partial charge in [0.25, 0.3) is 5.91 Å². The Morgan fingerprint density at radius 2 is 1.96 bits per heavy atom. The number of ether oxygens (including phenoxy) is 1. The van der Waals surface area contributed by atoms with Crippen molar-refractivity contribution in [3.8, 4) is 0 Å². The van der Waals surface area contributed by atoms with Gasteiger partial charge in [0.1, 0.15) is 6.33 Å². The summed E-state index contributed by atoms with van der Waals surface area (Å²) in [7, 11) is 1.95. The summed E-state index contributed by atoms with van der Waals surface area (Å²) in [5, 5.41) is 7.33. The lowest BCUT2D eigenvalue weighted by atomic mass is 10.3. The number of imidazole rings is 1. The zero-order chi connectivity index (χ0) is 18.9. The molecule has 0 N–H and O–H groups in total. The number of likely N-dealkylation sites (N-methyl/N-ethyl adjacent to an activating group) is 1. The minimum absolute atomic E-state index is 0.0159. The number of carbonyl (C=O) groups excluding carboxylic acids is 1. The molecule has 0 radical (unpaired) electrons. The third-order valence-electron chi connectivity index (χ3n) is 3.98. The van der Waals surface area contributed by atoms with Crippen molar-refractivity contribution in [2.45, 2.75) is 12.9 Å². The van der Waals surface area contributed by atoms with E-state index in [1.54, 1.807) is 4.90 Å². The van der Waals surface area contributed by atoms with Gasteiger partial charge in [-0.1, -0.05) is 5.21 Å². The predicted octanol–water partition coefficient (Wildman–Crippen LogP) is -0.790. The van der Waals surface area contributed by atoms with E-state index in [0.717, 1.165) is 23.8 Å². The zero-order valence-corrected chi connectivity index (χ0v) is 13.8. The van der Waals surface area contributed by atoms with Crippen molar-refractivity contribution in [3.63, 3.8) is 0 Å². The molecule has 1 aliphatic heterocycles. The van der Waals surface area contributed by atoms with Crippen LogP contribution in [0.25, 0.3) is 5.65 Å². The topological polar surface area (TPSA) is 97.9 Å². The SMILES string of the molecule is CN1CCN(C(=O)c2ncn3c(=O)n(CCOC(F)(F)F)nnc23)CC1. The van der Waals surface area contributed by atoms with Crippen molar-refractivity contribution in [3.05, 3.63) is 22.5 Å². The Morgan fingerprint density at radius 1 is 1.27 bits per heavy atom. The van der Waals surface area contributed by atoms with Gasteiger partial charge in [-0.05, 0) is 7.05 Å². The molecule has 0 atom stereocenters. The number of halogens is 3. The van der Waals surface area contributed by atoms with Crippen LogP contribution < -0.4 is 5.69 Å². The third-order valence-corrected chi connectivity index (χ3v) is 3.98. The largest absolute Gasteiger partial charge is 0.522 e. The minimum Gasteiger partial charge on any atom is -0.335 e. The second-order valence-corrected chi connectivity index (χ2v) is 5.77. The molecule has 13 heteroatoms. The van der Waals surface area contributed by atoms with E-state index in [0.29, 0.717) is 17.8 Å². The number of nitrogens with zero attached hydrogens (tertiary/aromatic N) is 7. The molecule has 0 saturated carbocycles. The summed E-state index contributed by atoms with van der Waals surface area (Å²) in [5.41, 5.74) is -0.810. The third kappa shape index (κ3) is 3.83. The molecule has 1 amide bonds. The second kappa shape index (κ2) is 6.99. The Morgan fingerprint density at radius 3 is 2.62 bits per heavy atom. The molecule has 0 aliphatic carbocycles. The van der Waals surface area contributed by atoms with E-state index in [4.69, 9.17) is 0 Å². The van der Waals surface area contributed by atoms with Crippen molar-refractivity contribution in [2.24, 2.45) is 0 Å². The fraction of sp³-hybridized carbons (Fsp3) is 0.615. The Labute approximate surface area is 144 Å². The van der Waals surface area contributed by atoms with Gasteiger partial charge in [0.15, 0.2) is 11.3 Å². The van der Waals surface area contributed by atoms with Gasteiger partial charge in [-0.3, -0.25) is 9.53 Å². The Bertz CT molecular complexity index is 855. The Hall–Kier alpha value is -2.54. The van der Waals surface area contributed by atoms with Crippen molar-refractivity contribution in [2.75, 3.05) is 39.8 Å². The molecule has 26 heavy (non-hydrogen) atoms. The van der Waals surface area contributed by atoms with Crippen molar-refractivity contribution < 1.29 is 22.7 Å². The maximum atomic E-state index is 12.6. The fourth-order valence-corrected chi connectivity index (χ4v) is 2.53. The van der Waals surface area contributed by atoms with Crippen LogP contribution in [0.3, 0.4) is 0 Å². The van der Waals surface area contributed by atoms with Crippen LogP contribution in [0.5, 0.6) is 0 Å². The molecule has 142 valence electrons. The summed E-state index contributed by atoms with van der Waals surface area (Å²) in [6.07, 6.45) is -3.69. The monoisotopic (exact) mass is 375 g/mol. The average molecular weight is 375 g/mol. The Kier molecular flexibility index (Phi) is 4.91. The van der Waals surface area contributed by atoms with Gasteiger partial charge < -0.3 is 9.80 Å². The van der Waals surface area contributed by atoms with Gasteiger partial charge in [-0.2, -0.15) is 4.68 Å². The lowest BCUT2D eigenvalue weighted by molar-refractivity contribution is -0.325. The van der Waals surface area contributed by atoms with Crippen LogP contribution >= 0.6 is 0 Å². The van der Waals surface area contributed by atoms with E-state index in [2.05, 4.69) is 24.9 Å². The molecule has 3 rings (SSSR count). The first-order valence-electron chi connectivity index (χ1n) is 7.75. The molecular weight excluding hydrogens is 359 g/mol. The number of rotatable bonds is 4. The maximum Gasteiger partial charge on any atom is 0.522 e. The highest BCUT2D eigenvalue weighted by Gasteiger charge is 2.29. The van der Waals surface area contributed by atoms with E-state index in [-0.39, 0.29) is 17.2 Å². The number of alkyl halides is 3. The minimum atomic E-state index is -4.79. The molecule has 1 saturated heterocycles. The molecule has 0 unspecified atom stereocenters. The number of aromatic nitrogens is 5. The number of fused-ring (bicyclic) bond motifs is 1. The molecule has 1 fully saturated rings. The summed E-state index contributed by atoms with van der Waals surface area (Å²) < 4.78 is 41.3. The quantitative estimate of drug-likeness (QED) is 0.691. The molecule has 10 nitrogen and oxygen atoms in total. The first-order valence-corrected chi connectivity index (χ1v) is 7.75. The fourth-order valence-electron chi connectivity index (χ4n) is 2.53. The van der Waals surface area contributed by atoms with Gasteiger partial charge in [-0.25, -0.2) is 14.2 Å². The highest BCUT2D eigenvalue weighted by atomic mass is 19.4. The molecule has 2 aromatic heterocycles. The molecule has 3 heterocycles. The van der Waals surface area contributed by atoms with Gasteiger partial charge >= 0.3 is 12.1 Å². The van der Waals surface area contributed by atoms with Crippen LogP contribution in [0.1, 0.15) is 10.5 Å². The highest BCUT2D eigenvalue weighted by molar-refractivity contribution is 5.97. The van der Waals surface area contributed by atoms with Crippen LogP contribution in [0.2, 0.25) is 0 Å². The summed E-state index contributed by atoms with van der Waals surface area (Å²) in [5.74, 6) is -0.368. The van der Waals surface area contributed by atoms with E-state index >= 15 is 0 Å². The number of amides is 1. The van der Waals surface area contributed by atoms with Crippen LogP contribution in [0.4, 0.5) is 13.2 Å². The van der Waals surface area contributed by atoms with Gasteiger partial charge in [-0.15, -0.1) is 18.3 Å². The van der Waals surface area contributed by atoms with E-state index < -0.39 is 25.2 Å². The van der Waals surface area contributed by atoms with E-state index in [9.17, 15) is 22.8 Å². The maximum absolute atomic E-state index is 12.6. The lowest BCUT2D eigenvalue weighted by Gasteiger charge is -2.31.